The zero-order valence-electron chi connectivity index (χ0n) is 17.0. The highest BCUT2D eigenvalue weighted by Crippen LogP contribution is 2.37. The third-order valence-corrected chi connectivity index (χ3v) is 6.31. The van der Waals surface area contributed by atoms with E-state index >= 15 is 0 Å². The van der Waals surface area contributed by atoms with Gasteiger partial charge in [0.25, 0.3) is 0 Å². The Kier molecular flexibility index (Phi) is 8.65. The first-order valence-corrected chi connectivity index (χ1v) is 10.4. The number of likely N-dealkylation sites (tertiary alicyclic amines) is 1. The van der Waals surface area contributed by atoms with Crippen molar-refractivity contribution in [2.45, 2.75) is 32.7 Å². The van der Waals surface area contributed by atoms with Crippen LogP contribution in [0.3, 0.4) is 0 Å². The lowest BCUT2D eigenvalue weighted by Gasteiger charge is -2.35. The number of carbonyl (C=O) groups excluding carboxylic acids is 1. The summed E-state index contributed by atoms with van der Waals surface area (Å²) in [5.41, 5.74) is 3.75. The minimum atomic E-state index is -0.111. The van der Waals surface area contributed by atoms with E-state index in [9.17, 15) is 4.79 Å². The van der Waals surface area contributed by atoms with E-state index in [-0.39, 0.29) is 24.4 Å². The Morgan fingerprint density at radius 3 is 2.52 bits per heavy atom. The van der Waals surface area contributed by atoms with Crippen LogP contribution in [0.4, 0.5) is 11.4 Å². The Hall–Kier alpha value is -1.46. The minimum Gasteiger partial charge on any atom is -0.388 e. The first kappa shape index (κ1) is 23.8. The van der Waals surface area contributed by atoms with Crippen molar-refractivity contribution in [3.8, 4) is 0 Å². The van der Waals surface area contributed by atoms with Gasteiger partial charge in [0.15, 0.2) is 0 Å². The van der Waals surface area contributed by atoms with E-state index in [4.69, 9.17) is 23.2 Å². The number of amides is 1. The lowest BCUT2D eigenvalue weighted by Crippen LogP contribution is -2.40. The minimum absolute atomic E-state index is 0. The number of anilines is 2. The second kappa shape index (κ2) is 10.5. The molecule has 1 amide bonds. The second-order valence-corrected chi connectivity index (χ2v) is 8.08. The van der Waals surface area contributed by atoms with E-state index in [1.54, 1.807) is 13.0 Å². The van der Waals surface area contributed by atoms with Crippen LogP contribution in [0.5, 0.6) is 0 Å². The number of carbonyl (C=O) groups is 1. The summed E-state index contributed by atoms with van der Waals surface area (Å²) >= 11 is 12.6. The Morgan fingerprint density at radius 1 is 1.21 bits per heavy atom. The Balaban J connectivity index is 0.00000300. The van der Waals surface area contributed by atoms with Gasteiger partial charge >= 0.3 is 0 Å². The van der Waals surface area contributed by atoms with Gasteiger partial charge in [-0.05, 0) is 68.2 Å². The molecule has 2 aromatic carbocycles. The van der Waals surface area contributed by atoms with Gasteiger partial charge in [0.2, 0.25) is 5.91 Å². The lowest BCUT2D eigenvalue weighted by atomic mass is 10.0. The molecule has 0 spiro atoms. The number of nitrogens with one attached hydrogen (secondary N) is 1. The monoisotopic (exact) mass is 455 g/mol. The number of nitrogens with zero attached hydrogens (tertiary/aromatic N) is 2. The van der Waals surface area contributed by atoms with Crippen molar-refractivity contribution in [3.05, 3.63) is 57.6 Å². The third kappa shape index (κ3) is 5.37. The number of halogens is 3. The molecule has 3 rings (SSSR count). The maximum absolute atomic E-state index is 12.9. The molecule has 1 fully saturated rings. The van der Waals surface area contributed by atoms with Crippen LogP contribution < -0.4 is 10.2 Å². The molecule has 0 bridgehead atoms. The van der Waals surface area contributed by atoms with E-state index in [1.807, 2.05) is 37.1 Å². The predicted octanol–water partition coefficient (Wildman–Crippen LogP) is 5.96. The Labute approximate surface area is 189 Å². The van der Waals surface area contributed by atoms with Crippen LogP contribution in [0.15, 0.2) is 36.4 Å². The van der Waals surface area contributed by atoms with Crippen molar-refractivity contribution in [3.63, 3.8) is 0 Å². The van der Waals surface area contributed by atoms with Crippen LogP contribution in [-0.4, -0.2) is 37.5 Å². The molecule has 29 heavy (non-hydrogen) atoms. The predicted molar refractivity (Wildman–Crippen MR) is 126 cm³/mol. The first-order chi connectivity index (χ1) is 13.4. The molecule has 0 radical (unpaired) electrons. The molecule has 0 aliphatic carbocycles. The van der Waals surface area contributed by atoms with Crippen molar-refractivity contribution >= 4 is 52.9 Å². The lowest BCUT2D eigenvalue weighted by molar-refractivity contribution is -0.117. The van der Waals surface area contributed by atoms with Crippen LogP contribution >= 0.6 is 35.6 Å². The molecule has 0 saturated carbocycles. The number of hydrogen-bond acceptors (Lipinski definition) is 3. The highest BCUT2D eigenvalue weighted by Gasteiger charge is 2.29. The van der Waals surface area contributed by atoms with Crippen LogP contribution in [0.2, 0.25) is 10.0 Å². The molecule has 1 N–H and O–H groups in total. The Morgan fingerprint density at radius 2 is 1.90 bits per heavy atom. The molecule has 1 heterocycles. The van der Waals surface area contributed by atoms with Crippen LogP contribution in [-0.2, 0) is 4.79 Å². The summed E-state index contributed by atoms with van der Waals surface area (Å²) in [4.78, 5) is 17.1. The van der Waals surface area contributed by atoms with Crippen molar-refractivity contribution in [1.29, 1.82) is 0 Å². The van der Waals surface area contributed by atoms with Gasteiger partial charge in [0.05, 0.1) is 16.1 Å². The number of hydrogen-bond donors (Lipinski definition) is 1. The van der Waals surface area contributed by atoms with Gasteiger partial charge in [-0.3, -0.25) is 4.79 Å². The summed E-state index contributed by atoms with van der Waals surface area (Å²) in [5, 5.41) is 4.19. The van der Waals surface area contributed by atoms with Crippen molar-refractivity contribution in [2.75, 3.05) is 36.9 Å². The third-order valence-electron chi connectivity index (χ3n) is 5.41. The summed E-state index contributed by atoms with van der Waals surface area (Å²) in [6.07, 6.45) is 2.41. The molecule has 1 aliphatic heterocycles. The molecule has 2 aromatic rings. The van der Waals surface area contributed by atoms with Gasteiger partial charge in [0, 0.05) is 31.9 Å². The molecule has 7 heteroatoms. The van der Waals surface area contributed by atoms with E-state index in [2.05, 4.69) is 22.3 Å². The average Bonchev–Trinajstić information content (AvgIpc) is 3.20. The fraction of sp³-hybridized carbons (Fsp3) is 0.409. The largest absolute Gasteiger partial charge is 0.388 e. The smallest absolute Gasteiger partial charge is 0.224 e. The van der Waals surface area contributed by atoms with Gasteiger partial charge in [-0.15, -0.1) is 12.4 Å². The number of benzene rings is 2. The molecule has 0 aromatic heterocycles. The molecular weight excluding hydrogens is 429 g/mol. The van der Waals surface area contributed by atoms with Gasteiger partial charge in [-0.2, -0.15) is 0 Å². The van der Waals surface area contributed by atoms with Crippen molar-refractivity contribution in [2.24, 2.45) is 0 Å². The second-order valence-electron chi connectivity index (χ2n) is 7.29. The van der Waals surface area contributed by atoms with Crippen LogP contribution in [0.1, 0.15) is 36.9 Å². The highest BCUT2D eigenvalue weighted by atomic mass is 35.5. The fourth-order valence-corrected chi connectivity index (χ4v) is 4.27. The van der Waals surface area contributed by atoms with Gasteiger partial charge in [0.1, 0.15) is 0 Å². The SMILES string of the molecule is CNc1cccc(C(CN2CCCC2)N(C(C)=O)c2ccc(Cl)c(Cl)c2C)c1.Cl. The molecule has 1 unspecified atom stereocenters. The quantitative estimate of drug-likeness (QED) is 0.583. The fourth-order valence-electron chi connectivity index (χ4n) is 3.91. The van der Waals surface area contributed by atoms with Crippen molar-refractivity contribution < 1.29 is 4.79 Å². The molecule has 1 atom stereocenters. The maximum Gasteiger partial charge on any atom is 0.224 e. The molecule has 1 saturated heterocycles. The number of rotatable bonds is 6. The molecule has 4 nitrogen and oxygen atoms in total. The standard InChI is InChI=1S/C22H27Cl2N3O.ClH/c1-15-20(10-9-19(23)22(15)24)27(16(2)28)21(14-26-11-4-5-12-26)17-7-6-8-18(13-17)25-3;/h6-10,13,21,25H,4-5,11-12,14H2,1-3H3;1H. The molecular formula is C22H28Cl3N3O. The van der Waals surface area contributed by atoms with Gasteiger partial charge < -0.3 is 15.1 Å². The van der Waals surface area contributed by atoms with E-state index in [0.29, 0.717) is 10.0 Å². The Bertz CT molecular complexity index is 853. The summed E-state index contributed by atoms with van der Waals surface area (Å²) in [5.74, 6) is -0.0134. The van der Waals surface area contributed by atoms with E-state index < -0.39 is 0 Å². The summed E-state index contributed by atoms with van der Waals surface area (Å²) in [6.45, 7) is 6.44. The van der Waals surface area contributed by atoms with E-state index in [1.165, 1.54) is 12.8 Å². The van der Waals surface area contributed by atoms with Crippen LogP contribution in [0, 0.1) is 6.92 Å². The summed E-state index contributed by atoms with van der Waals surface area (Å²) in [6, 6.07) is 11.8. The van der Waals surface area contributed by atoms with Crippen LogP contribution in [0.25, 0.3) is 0 Å². The van der Waals surface area contributed by atoms with Gasteiger partial charge in [-0.25, -0.2) is 0 Å². The normalized spacial score (nSPS) is 14.9. The molecule has 1 aliphatic rings. The maximum atomic E-state index is 12.9. The highest BCUT2D eigenvalue weighted by molar-refractivity contribution is 6.42. The summed E-state index contributed by atoms with van der Waals surface area (Å²) < 4.78 is 0. The van der Waals surface area contributed by atoms with E-state index in [0.717, 1.165) is 42.1 Å². The van der Waals surface area contributed by atoms with Gasteiger partial charge in [-0.1, -0.05) is 35.3 Å². The zero-order chi connectivity index (χ0) is 20.3. The average molecular weight is 457 g/mol. The summed E-state index contributed by atoms with van der Waals surface area (Å²) in [7, 11) is 1.90. The first-order valence-electron chi connectivity index (χ1n) is 9.67. The van der Waals surface area contributed by atoms with Crippen molar-refractivity contribution in [1.82, 2.24) is 4.90 Å². The molecule has 158 valence electrons. The zero-order valence-corrected chi connectivity index (χ0v) is 19.4. The topological polar surface area (TPSA) is 35.6 Å².